The molecule has 14 heavy (non-hydrogen) atoms. The fourth-order valence-electron chi connectivity index (χ4n) is 1.36. The molecule has 0 bridgehead atoms. The largest absolute Gasteiger partial charge is 0.417 e. The molecule has 2 aliphatic carbocycles. The molecule has 0 heterocycles. The lowest BCUT2D eigenvalue weighted by Crippen LogP contribution is -2.14. The zero-order valence-electron chi connectivity index (χ0n) is 6.42. The molecular weight excluding hydrogens is 210 g/mol. The van der Waals surface area contributed by atoms with Gasteiger partial charge < -0.3 is 0 Å². The second-order valence-electron chi connectivity index (χ2n) is 2.94. The van der Waals surface area contributed by atoms with Gasteiger partial charge in [-0.1, -0.05) is 0 Å². The molecule has 0 amide bonds. The summed E-state index contributed by atoms with van der Waals surface area (Å²) >= 11 is 0. The van der Waals surface area contributed by atoms with E-state index in [4.69, 9.17) is 0 Å². The second-order valence-corrected chi connectivity index (χ2v) is 2.94. The van der Waals surface area contributed by atoms with Crippen molar-refractivity contribution < 1.29 is 26.3 Å². The average molecular weight is 212 g/mol. The summed E-state index contributed by atoms with van der Waals surface area (Å²) in [7, 11) is 0. The predicted molar refractivity (Wildman–Crippen MR) is 35.4 cm³/mol. The van der Waals surface area contributed by atoms with E-state index < -0.39 is 23.5 Å². The van der Waals surface area contributed by atoms with E-state index in [1.165, 1.54) is 0 Å². The molecule has 0 unspecified atom stereocenters. The molecule has 0 fully saturated rings. The van der Waals surface area contributed by atoms with Gasteiger partial charge >= 0.3 is 12.4 Å². The van der Waals surface area contributed by atoms with Crippen molar-refractivity contribution in [2.24, 2.45) is 0 Å². The number of hydrogen-bond donors (Lipinski definition) is 0. The molecule has 0 aliphatic heterocycles. The van der Waals surface area contributed by atoms with E-state index in [9.17, 15) is 26.3 Å². The van der Waals surface area contributed by atoms with Crippen molar-refractivity contribution in [2.75, 3.05) is 0 Å². The van der Waals surface area contributed by atoms with Crippen LogP contribution in [0.3, 0.4) is 0 Å². The van der Waals surface area contributed by atoms with Crippen LogP contribution in [0, 0.1) is 0 Å². The Morgan fingerprint density at radius 3 is 1.71 bits per heavy atom. The summed E-state index contributed by atoms with van der Waals surface area (Å²) in [6, 6.07) is 1.61. The van der Waals surface area contributed by atoms with Crippen LogP contribution >= 0.6 is 0 Å². The van der Waals surface area contributed by atoms with Crippen LogP contribution in [0.2, 0.25) is 0 Å². The molecule has 2 aliphatic rings. The van der Waals surface area contributed by atoms with Crippen molar-refractivity contribution in [3.8, 4) is 11.1 Å². The summed E-state index contributed by atoms with van der Waals surface area (Å²) in [5, 5.41) is 0. The van der Waals surface area contributed by atoms with Gasteiger partial charge in [0.25, 0.3) is 0 Å². The molecule has 0 aromatic rings. The number of alkyl halides is 6. The third-order valence-electron chi connectivity index (χ3n) is 1.95. The zero-order valence-corrected chi connectivity index (χ0v) is 6.42. The van der Waals surface area contributed by atoms with E-state index in [2.05, 4.69) is 0 Å². The summed E-state index contributed by atoms with van der Waals surface area (Å²) < 4.78 is 72.9. The molecular formula is C8H2F6. The second kappa shape index (κ2) is 2.24. The van der Waals surface area contributed by atoms with E-state index in [-0.39, 0.29) is 11.1 Å². The molecule has 0 nitrogen and oxygen atoms in total. The van der Waals surface area contributed by atoms with Crippen LogP contribution in [0.15, 0.2) is 12.1 Å². The predicted octanol–water partition coefficient (Wildman–Crippen LogP) is 3.70. The Kier molecular flexibility index (Phi) is 1.50. The first kappa shape index (κ1) is 9.36. The molecule has 0 aromatic heterocycles. The van der Waals surface area contributed by atoms with Crippen LogP contribution in [-0.2, 0) is 12.4 Å². The van der Waals surface area contributed by atoms with Crippen molar-refractivity contribution in [3.63, 3.8) is 0 Å². The molecule has 2 rings (SSSR count). The first-order valence-electron chi connectivity index (χ1n) is 3.54. The molecule has 0 saturated heterocycles. The molecule has 6 heteroatoms. The highest BCUT2D eigenvalue weighted by Crippen LogP contribution is 2.53. The monoisotopic (exact) mass is 212 g/mol. The first-order chi connectivity index (χ1) is 6.21. The van der Waals surface area contributed by atoms with Crippen LogP contribution in [0.1, 0.15) is 11.1 Å². The van der Waals surface area contributed by atoms with Crippen LogP contribution in [0.25, 0.3) is 11.1 Å². The summed E-state index contributed by atoms with van der Waals surface area (Å²) in [5.41, 5.74) is -3.44. The minimum Gasteiger partial charge on any atom is -0.166 e. The number of benzene rings is 1. The van der Waals surface area contributed by atoms with Crippen molar-refractivity contribution >= 4 is 0 Å². The Labute approximate surface area is 74.1 Å². The first-order valence-corrected chi connectivity index (χ1v) is 3.54. The van der Waals surface area contributed by atoms with Crippen molar-refractivity contribution in [3.05, 3.63) is 23.3 Å². The Morgan fingerprint density at radius 1 is 0.786 bits per heavy atom. The van der Waals surface area contributed by atoms with Gasteiger partial charge in [0, 0.05) is 0 Å². The molecule has 0 N–H and O–H groups in total. The Balaban J connectivity index is 2.56. The fourth-order valence-corrected chi connectivity index (χ4v) is 1.36. The molecule has 0 spiro atoms. The minimum absolute atomic E-state index is 0.0321. The minimum atomic E-state index is -4.94. The van der Waals surface area contributed by atoms with E-state index in [0.717, 1.165) is 6.07 Å². The smallest absolute Gasteiger partial charge is 0.166 e. The lowest BCUT2D eigenvalue weighted by atomic mass is 10.1. The van der Waals surface area contributed by atoms with Gasteiger partial charge in [-0.05, 0) is 23.3 Å². The van der Waals surface area contributed by atoms with Gasteiger partial charge in [0.1, 0.15) is 0 Å². The molecule has 0 aromatic carbocycles. The van der Waals surface area contributed by atoms with Crippen LogP contribution in [0.4, 0.5) is 26.3 Å². The average Bonchev–Trinajstić information content (AvgIpc) is 2.56. The third-order valence-corrected chi connectivity index (χ3v) is 1.95. The van der Waals surface area contributed by atoms with E-state index in [1.807, 2.05) is 0 Å². The van der Waals surface area contributed by atoms with Gasteiger partial charge in [0.15, 0.2) is 0 Å². The van der Waals surface area contributed by atoms with Crippen molar-refractivity contribution in [1.82, 2.24) is 0 Å². The molecule has 0 radical (unpaired) electrons. The van der Waals surface area contributed by atoms with E-state index in [0.29, 0.717) is 6.07 Å². The third kappa shape index (κ3) is 1.25. The Bertz CT molecular complexity index is 398. The SMILES string of the molecule is FC(F)(F)c1cc2cc-2c1C(F)(F)F. The normalized spacial score (nSPS) is 14.4. The van der Waals surface area contributed by atoms with Crippen molar-refractivity contribution in [1.29, 1.82) is 0 Å². The molecule has 0 atom stereocenters. The maximum Gasteiger partial charge on any atom is 0.417 e. The lowest BCUT2D eigenvalue weighted by Gasteiger charge is -2.11. The van der Waals surface area contributed by atoms with E-state index >= 15 is 0 Å². The van der Waals surface area contributed by atoms with Gasteiger partial charge in [-0.2, -0.15) is 26.3 Å². The Hall–Kier alpha value is -1.20. The topological polar surface area (TPSA) is 0 Å². The van der Waals surface area contributed by atoms with Gasteiger partial charge in [0.05, 0.1) is 11.1 Å². The highest BCUT2D eigenvalue weighted by Gasteiger charge is 2.48. The summed E-state index contributed by atoms with van der Waals surface area (Å²) in [5.74, 6) is 0. The summed E-state index contributed by atoms with van der Waals surface area (Å²) in [6.07, 6.45) is -9.88. The Morgan fingerprint density at radius 2 is 1.36 bits per heavy atom. The number of halogens is 6. The fraction of sp³-hybridized carbons (Fsp3) is 0.250. The molecule has 0 saturated carbocycles. The number of rotatable bonds is 0. The maximum atomic E-state index is 12.2. The van der Waals surface area contributed by atoms with Gasteiger partial charge in [-0.25, -0.2) is 0 Å². The van der Waals surface area contributed by atoms with Crippen LogP contribution < -0.4 is 0 Å². The quantitative estimate of drug-likeness (QED) is 0.584. The zero-order chi connectivity index (χ0) is 10.7. The van der Waals surface area contributed by atoms with Gasteiger partial charge in [0.2, 0.25) is 0 Å². The summed E-state index contributed by atoms with van der Waals surface area (Å²) in [4.78, 5) is 0. The van der Waals surface area contributed by atoms with E-state index in [1.54, 1.807) is 0 Å². The summed E-state index contributed by atoms with van der Waals surface area (Å²) in [6.45, 7) is 0. The maximum absolute atomic E-state index is 12.2. The number of fused-ring (bicyclic) bond motifs is 1. The van der Waals surface area contributed by atoms with Crippen molar-refractivity contribution in [2.45, 2.75) is 12.4 Å². The van der Waals surface area contributed by atoms with Crippen LogP contribution in [-0.4, -0.2) is 0 Å². The lowest BCUT2D eigenvalue weighted by molar-refractivity contribution is -0.161. The molecule has 76 valence electrons. The number of hydrogen-bond acceptors (Lipinski definition) is 0. The highest BCUT2D eigenvalue weighted by molar-refractivity contribution is 5.87. The van der Waals surface area contributed by atoms with Crippen LogP contribution in [0.5, 0.6) is 0 Å². The highest BCUT2D eigenvalue weighted by atomic mass is 19.4. The van der Waals surface area contributed by atoms with Gasteiger partial charge in [-0.15, -0.1) is 0 Å². The standard InChI is InChI=1S/C8H2F6/c9-7(10,11)5-2-3-1-4(3)6(5)8(12,13)14/h1-2H. The van der Waals surface area contributed by atoms with Gasteiger partial charge in [-0.3, -0.25) is 0 Å².